The summed E-state index contributed by atoms with van der Waals surface area (Å²) < 4.78 is 5.58. The largest absolute Gasteiger partial charge is 0.375 e. The highest BCUT2D eigenvalue weighted by molar-refractivity contribution is 4.86. The molecule has 2 saturated heterocycles. The van der Waals surface area contributed by atoms with Crippen molar-refractivity contribution in [1.82, 2.24) is 0 Å². The van der Waals surface area contributed by atoms with Crippen LogP contribution in [0.5, 0.6) is 0 Å². The highest BCUT2D eigenvalue weighted by Crippen LogP contribution is 2.37. The maximum atomic E-state index is 5.58. The minimum atomic E-state index is 0.639. The van der Waals surface area contributed by atoms with Gasteiger partial charge in [0.2, 0.25) is 0 Å². The Balaban J connectivity index is 0.000000231. The number of fused-ring (bicyclic) bond motifs is 2. The van der Waals surface area contributed by atoms with Crippen molar-refractivity contribution in [2.45, 2.75) is 52.2 Å². The standard InChI is InChI=1S/C7H12O.C2H6/c1-5-4-6-2-3-7(5)8-6;1-2/h5-7H,2-4H2,1H3;1-2H3. The first-order valence-corrected chi connectivity index (χ1v) is 4.52. The van der Waals surface area contributed by atoms with Gasteiger partial charge in [-0.25, -0.2) is 0 Å². The second-order valence-corrected chi connectivity index (χ2v) is 3.09. The third kappa shape index (κ3) is 1.34. The van der Waals surface area contributed by atoms with Crippen LogP contribution in [0.4, 0.5) is 0 Å². The number of hydrogen-bond acceptors (Lipinski definition) is 1. The van der Waals surface area contributed by atoms with E-state index in [9.17, 15) is 0 Å². The van der Waals surface area contributed by atoms with Crippen molar-refractivity contribution in [1.29, 1.82) is 0 Å². The molecule has 1 heteroatoms. The van der Waals surface area contributed by atoms with E-state index in [4.69, 9.17) is 4.74 Å². The Morgan fingerprint density at radius 1 is 1.20 bits per heavy atom. The van der Waals surface area contributed by atoms with Gasteiger partial charge in [-0.2, -0.15) is 0 Å². The lowest BCUT2D eigenvalue weighted by atomic mass is 9.91. The number of hydrogen-bond donors (Lipinski definition) is 0. The van der Waals surface area contributed by atoms with Crippen molar-refractivity contribution in [3.8, 4) is 0 Å². The van der Waals surface area contributed by atoms with Crippen molar-refractivity contribution in [2.24, 2.45) is 5.92 Å². The van der Waals surface area contributed by atoms with Crippen molar-refractivity contribution in [3.63, 3.8) is 0 Å². The molecule has 2 fully saturated rings. The summed E-state index contributed by atoms with van der Waals surface area (Å²) in [5, 5.41) is 0. The first-order valence-electron chi connectivity index (χ1n) is 4.52. The number of rotatable bonds is 0. The van der Waals surface area contributed by atoms with E-state index in [-0.39, 0.29) is 0 Å². The van der Waals surface area contributed by atoms with Crippen molar-refractivity contribution < 1.29 is 4.74 Å². The van der Waals surface area contributed by atoms with Gasteiger partial charge in [-0.15, -0.1) is 0 Å². The number of ether oxygens (including phenoxy) is 1. The average Bonchev–Trinajstić information content (AvgIpc) is 2.52. The lowest BCUT2D eigenvalue weighted by molar-refractivity contribution is 0.0949. The molecule has 2 aliphatic rings. The molecule has 1 nitrogen and oxygen atoms in total. The molecular weight excluding hydrogens is 124 g/mol. The molecule has 0 aromatic carbocycles. The molecule has 0 spiro atoms. The van der Waals surface area contributed by atoms with Gasteiger partial charge < -0.3 is 4.74 Å². The minimum absolute atomic E-state index is 0.639. The predicted molar refractivity (Wildman–Crippen MR) is 43.0 cm³/mol. The van der Waals surface area contributed by atoms with Gasteiger partial charge in [0.1, 0.15) is 0 Å². The Labute approximate surface area is 63.8 Å². The summed E-state index contributed by atoms with van der Waals surface area (Å²) in [6.07, 6.45) is 5.26. The summed E-state index contributed by atoms with van der Waals surface area (Å²) in [4.78, 5) is 0. The normalized spacial score (nSPS) is 42.9. The highest BCUT2D eigenvalue weighted by atomic mass is 16.5. The van der Waals surface area contributed by atoms with E-state index in [1.807, 2.05) is 13.8 Å². The van der Waals surface area contributed by atoms with Gasteiger partial charge in [0, 0.05) is 0 Å². The fraction of sp³-hybridized carbons (Fsp3) is 1.00. The first-order chi connectivity index (χ1) is 4.86. The molecule has 2 rings (SSSR count). The van der Waals surface area contributed by atoms with Crippen LogP contribution < -0.4 is 0 Å². The molecule has 0 aliphatic carbocycles. The summed E-state index contributed by atoms with van der Waals surface area (Å²) in [5.74, 6) is 0.855. The van der Waals surface area contributed by atoms with Crippen LogP contribution in [0, 0.1) is 5.92 Å². The van der Waals surface area contributed by atoms with Crippen LogP contribution in [-0.4, -0.2) is 12.2 Å². The molecule has 0 aromatic rings. The van der Waals surface area contributed by atoms with Crippen LogP contribution in [0.15, 0.2) is 0 Å². The molecule has 3 unspecified atom stereocenters. The molecule has 0 N–H and O–H groups in total. The zero-order valence-electron chi connectivity index (χ0n) is 7.26. The van der Waals surface area contributed by atoms with Crippen molar-refractivity contribution in [3.05, 3.63) is 0 Å². The quantitative estimate of drug-likeness (QED) is 0.505. The fourth-order valence-electron chi connectivity index (χ4n) is 1.89. The highest BCUT2D eigenvalue weighted by Gasteiger charge is 2.37. The van der Waals surface area contributed by atoms with E-state index >= 15 is 0 Å². The maximum absolute atomic E-state index is 5.58. The van der Waals surface area contributed by atoms with Crippen molar-refractivity contribution >= 4 is 0 Å². The van der Waals surface area contributed by atoms with Crippen LogP contribution in [0.25, 0.3) is 0 Å². The lowest BCUT2D eigenvalue weighted by Gasteiger charge is -2.11. The Kier molecular flexibility index (Phi) is 2.72. The van der Waals surface area contributed by atoms with E-state index in [0.29, 0.717) is 12.2 Å². The Morgan fingerprint density at radius 2 is 1.90 bits per heavy atom. The van der Waals surface area contributed by atoms with Gasteiger partial charge in [-0.1, -0.05) is 20.8 Å². The summed E-state index contributed by atoms with van der Waals surface area (Å²) >= 11 is 0. The monoisotopic (exact) mass is 142 g/mol. The summed E-state index contributed by atoms with van der Waals surface area (Å²) in [7, 11) is 0. The van der Waals surface area contributed by atoms with Crippen LogP contribution in [-0.2, 0) is 4.74 Å². The summed E-state index contributed by atoms with van der Waals surface area (Å²) in [5.41, 5.74) is 0. The Morgan fingerprint density at radius 3 is 2.10 bits per heavy atom. The molecule has 0 radical (unpaired) electrons. The smallest absolute Gasteiger partial charge is 0.0606 e. The second-order valence-electron chi connectivity index (χ2n) is 3.09. The fourth-order valence-corrected chi connectivity index (χ4v) is 1.89. The van der Waals surface area contributed by atoms with Gasteiger partial charge in [0.25, 0.3) is 0 Å². The Bertz CT molecular complexity index is 98.9. The molecule has 0 saturated carbocycles. The summed E-state index contributed by atoms with van der Waals surface area (Å²) in [6, 6.07) is 0. The van der Waals surface area contributed by atoms with Gasteiger partial charge in [0.15, 0.2) is 0 Å². The van der Waals surface area contributed by atoms with E-state index < -0.39 is 0 Å². The van der Waals surface area contributed by atoms with Crippen LogP contribution >= 0.6 is 0 Å². The molecular formula is C9H18O. The third-order valence-electron chi connectivity index (χ3n) is 2.41. The van der Waals surface area contributed by atoms with E-state index in [0.717, 1.165) is 5.92 Å². The van der Waals surface area contributed by atoms with E-state index in [1.165, 1.54) is 19.3 Å². The molecule has 0 aromatic heterocycles. The van der Waals surface area contributed by atoms with Crippen LogP contribution in [0.1, 0.15) is 40.0 Å². The van der Waals surface area contributed by atoms with Crippen LogP contribution in [0.3, 0.4) is 0 Å². The predicted octanol–water partition coefficient (Wildman–Crippen LogP) is 2.60. The van der Waals surface area contributed by atoms with Gasteiger partial charge in [0.05, 0.1) is 12.2 Å². The topological polar surface area (TPSA) is 9.23 Å². The van der Waals surface area contributed by atoms with Gasteiger partial charge in [-0.05, 0) is 25.2 Å². The van der Waals surface area contributed by atoms with Gasteiger partial charge in [-0.3, -0.25) is 0 Å². The Hall–Kier alpha value is -0.0400. The molecule has 60 valence electrons. The summed E-state index contributed by atoms with van der Waals surface area (Å²) in [6.45, 7) is 6.30. The van der Waals surface area contributed by atoms with E-state index in [1.54, 1.807) is 0 Å². The molecule has 2 bridgehead atoms. The molecule has 10 heavy (non-hydrogen) atoms. The lowest BCUT2D eigenvalue weighted by Crippen LogP contribution is -2.11. The average molecular weight is 142 g/mol. The SMILES string of the molecule is CC.CC1CC2CCC1O2. The zero-order chi connectivity index (χ0) is 7.56. The minimum Gasteiger partial charge on any atom is -0.375 e. The third-order valence-corrected chi connectivity index (χ3v) is 2.41. The molecule has 3 atom stereocenters. The van der Waals surface area contributed by atoms with Crippen molar-refractivity contribution in [2.75, 3.05) is 0 Å². The molecule has 0 amide bonds. The first kappa shape index (κ1) is 8.06. The second kappa shape index (κ2) is 3.38. The molecule has 2 aliphatic heterocycles. The zero-order valence-corrected chi connectivity index (χ0v) is 7.26. The van der Waals surface area contributed by atoms with E-state index in [2.05, 4.69) is 6.92 Å². The maximum Gasteiger partial charge on any atom is 0.0606 e. The van der Waals surface area contributed by atoms with Gasteiger partial charge >= 0.3 is 0 Å². The molecule has 2 heterocycles. The van der Waals surface area contributed by atoms with Crippen LogP contribution in [0.2, 0.25) is 0 Å².